The van der Waals surface area contributed by atoms with E-state index in [2.05, 4.69) is 88.0 Å². The maximum atomic E-state index is 10.6. The third-order valence-corrected chi connectivity index (χ3v) is 10.8. The lowest BCUT2D eigenvalue weighted by Gasteiger charge is -2.20. The van der Waals surface area contributed by atoms with Gasteiger partial charge < -0.3 is 9.13 Å². The first-order valence-electron chi connectivity index (χ1n) is 18.2. The summed E-state index contributed by atoms with van der Waals surface area (Å²) in [5, 5.41) is 34.9. The predicted octanol–water partition coefficient (Wildman–Crippen LogP) is 11.9. The molecule has 0 radical (unpaired) electrons. The maximum absolute atomic E-state index is 10.6. The highest BCUT2D eigenvalue weighted by atomic mass is 15.0. The number of pyridine rings is 1. The molecule has 56 heavy (non-hydrogen) atoms. The van der Waals surface area contributed by atoms with Crippen LogP contribution in [0.3, 0.4) is 0 Å². The first-order chi connectivity index (χ1) is 27.7. The molecule has 0 amide bonds. The number of fused-ring (bicyclic) bond motifs is 6. The largest absolute Gasteiger partial charge is 0.307 e. The van der Waals surface area contributed by atoms with Crippen LogP contribution >= 0.6 is 0 Å². The number of nitrogens with zero attached hydrogens (tertiary/aromatic N) is 6. The Bertz CT molecular complexity index is 3170. The molecule has 0 atom stereocenters. The minimum absolute atomic E-state index is 0.537. The van der Waals surface area contributed by atoms with Crippen LogP contribution < -0.4 is 0 Å². The number of benzene rings is 7. The van der Waals surface area contributed by atoms with Gasteiger partial charge >= 0.3 is 0 Å². The van der Waals surface area contributed by atoms with E-state index in [1.807, 2.05) is 109 Å². The summed E-state index contributed by atoms with van der Waals surface area (Å²) in [6.07, 6.45) is 3.77. The van der Waals surface area contributed by atoms with Crippen molar-refractivity contribution in [1.82, 2.24) is 14.1 Å². The first-order valence-corrected chi connectivity index (χ1v) is 18.2. The fourth-order valence-electron chi connectivity index (χ4n) is 8.31. The second-order valence-corrected chi connectivity index (χ2v) is 13.7. The monoisotopic (exact) mass is 712 g/mol. The van der Waals surface area contributed by atoms with E-state index in [1.54, 1.807) is 0 Å². The molecule has 3 heterocycles. The summed E-state index contributed by atoms with van der Waals surface area (Å²) in [5.74, 6) is 0. The molecule has 0 saturated carbocycles. The van der Waals surface area contributed by atoms with Crippen LogP contribution in [0.1, 0.15) is 16.7 Å². The average molecular weight is 713 g/mol. The van der Waals surface area contributed by atoms with E-state index in [1.165, 1.54) is 0 Å². The molecule has 0 unspecified atom stereocenters. The molecule has 0 bridgehead atoms. The van der Waals surface area contributed by atoms with Crippen LogP contribution in [-0.2, 0) is 0 Å². The lowest BCUT2D eigenvalue weighted by atomic mass is 9.97. The Kier molecular flexibility index (Phi) is 7.53. The molecule has 0 N–H and O–H groups in total. The molecule has 0 aliphatic heterocycles. The normalized spacial score (nSPS) is 11.2. The molecule has 3 aromatic heterocycles. The van der Waals surface area contributed by atoms with Crippen LogP contribution in [0.2, 0.25) is 0 Å². The molecular formula is C50H28N6. The zero-order valence-corrected chi connectivity index (χ0v) is 29.8. The molecule has 258 valence electrons. The number of hydrogen-bond donors (Lipinski definition) is 0. The Labute approximate surface area is 322 Å². The van der Waals surface area contributed by atoms with Crippen molar-refractivity contribution >= 4 is 43.6 Å². The first kappa shape index (κ1) is 32.4. The topological polar surface area (TPSA) is 94.1 Å². The third-order valence-electron chi connectivity index (χ3n) is 10.8. The van der Waals surface area contributed by atoms with Gasteiger partial charge in [-0.1, -0.05) is 115 Å². The van der Waals surface area contributed by atoms with Gasteiger partial charge in [0.25, 0.3) is 0 Å². The van der Waals surface area contributed by atoms with E-state index < -0.39 is 0 Å². The fourth-order valence-corrected chi connectivity index (χ4v) is 8.31. The molecule has 6 heteroatoms. The second-order valence-electron chi connectivity index (χ2n) is 13.7. The van der Waals surface area contributed by atoms with Crippen LogP contribution in [-0.4, -0.2) is 14.1 Å². The van der Waals surface area contributed by atoms with Gasteiger partial charge in [0.05, 0.1) is 80.7 Å². The summed E-state index contributed by atoms with van der Waals surface area (Å²) in [4.78, 5) is 4.97. The summed E-state index contributed by atoms with van der Waals surface area (Å²) in [6, 6.07) is 59.6. The minimum Gasteiger partial charge on any atom is -0.307 e. The molecule has 6 nitrogen and oxygen atoms in total. The zero-order chi connectivity index (χ0) is 37.8. The lowest BCUT2D eigenvalue weighted by molar-refractivity contribution is 1.09. The predicted molar refractivity (Wildman–Crippen MR) is 223 cm³/mol. The van der Waals surface area contributed by atoms with Crippen molar-refractivity contribution in [2.45, 2.75) is 0 Å². The number of para-hydroxylation sites is 2. The van der Waals surface area contributed by atoms with E-state index in [9.17, 15) is 15.8 Å². The smallest absolute Gasteiger partial charge is 0.0998 e. The van der Waals surface area contributed by atoms with Gasteiger partial charge in [0.1, 0.15) is 0 Å². The Balaban J connectivity index is 1.35. The Morgan fingerprint density at radius 3 is 1.21 bits per heavy atom. The third kappa shape index (κ3) is 4.90. The van der Waals surface area contributed by atoms with Crippen molar-refractivity contribution in [2.75, 3.05) is 0 Å². The summed E-state index contributed by atoms with van der Waals surface area (Å²) in [6.45, 7) is 0. The number of nitriles is 3. The molecule has 0 spiro atoms. The van der Waals surface area contributed by atoms with Crippen molar-refractivity contribution in [3.63, 3.8) is 0 Å². The number of hydrogen-bond acceptors (Lipinski definition) is 4. The Hall–Kier alpha value is -8.24. The van der Waals surface area contributed by atoms with Crippen LogP contribution in [0, 0.1) is 34.0 Å². The number of rotatable bonds is 5. The van der Waals surface area contributed by atoms with Crippen LogP contribution in [0.5, 0.6) is 0 Å². The molecule has 10 rings (SSSR count). The molecular weight excluding hydrogens is 685 g/mol. The van der Waals surface area contributed by atoms with Gasteiger partial charge in [-0.05, 0) is 64.7 Å². The number of aromatic nitrogens is 3. The van der Waals surface area contributed by atoms with E-state index in [0.29, 0.717) is 16.7 Å². The van der Waals surface area contributed by atoms with Crippen molar-refractivity contribution in [1.29, 1.82) is 15.8 Å². The van der Waals surface area contributed by atoms with Gasteiger partial charge in [0.2, 0.25) is 0 Å². The SMILES string of the molecule is N#Cc1ccccc1-c1ccc2c3ccccc3n(-c3cncc(-n4c5ccccc5c5ccc(-c6ccccc6C#N)cc54)c3-c3ccccc3C#N)c2c1. The average Bonchev–Trinajstić information content (AvgIpc) is 3.78. The highest BCUT2D eigenvalue weighted by Crippen LogP contribution is 2.43. The summed E-state index contributed by atoms with van der Waals surface area (Å²) < 4.78 is 4.48. The molecule has 0 saturated heterocycles. The lowest BCUT2D eigenvalue weighted by Crippen LogP contribution is -2.05. The van der Waals surface area contributed by atoms with E-state index in [-0.39, 0.29) is 0 Å². The maximum Gasteiger partial charge on any atom is 0.0998 e. The van der Waals surface area contributed by atoms with Gasteiger partial charge in [-0.25, -0.2) is 0 Å². The van der Waals surface area contributed by atoms with Crippen LogP contribution in [0.25, 0.3) is 88.4 Å². The van der Waals surface area contributed by atoms with E-state index >= 15 is 0 Å². The van der Waals surface area contributed by atoms with Crippen molar-refractivity contribution < 1.29 is 0 Å². The summed E-state index contributed by atoms with van der Waals surface area (Å²) >= 11 is 0. The second kappa shape index (κ2) is 13.0. The van der Waals surface area contributed by atoms with Gasteiger partial charge in [-0.15, -0.1) is 0 Å². The molecule has 0 fully saturated rings. The fraction of sp³-hybridized carbons (Fsp3) is 0. The van der Waals surface area contributed by atoms with Crippen molar-refractivity contribution in [3.8, 4) is 63.0 Å². The highest BCUT2D eigenvalue weighted by molar-refractivity contribution is 6.13. The van der Waals surface area contributed by atoms with Gasteiger partial charge in [0, 0.05) is 32.7 Å². The van der Waals surface area contributed by atoms with E-state index in [0.717, 1.165) is 88.4 Å². The minimum atomic E-state index is 0.537. The van der Waals surface area contributed by atoms with Crippen molar-refractivity contribution in [2.24, 2.45) is 0 Å². The van der Waals surface area contributed by atoms with Crippen LogP contribution in [0.4, 0.5) is 0 Å². The highest BCUT2D eigenvalue weighted by Gasteiger charge is 2.24. The van der Waals surface area contributed by atoms with Crippen LogP contribution in [0.15, 0.2) is 170 Å². The molecule has 10 aromatic rings. The Morgan fingerprint density at radius 1 is 0.375 bits per heavy atom. The van der Waals surface area contributed by atoms with Gasteiger partial charge in [-0.3, -0.25) is 4.98 Å². The molecule has 0 aliphatic carbocycles. The van der Waals surface area contributed by atoms with Crippen molar-refractivity contribution in [3.05, 3.63) is 187 Å². The Morgan fingerprint density at radius 2 is 0.750 bits per heavy atom. The van der Waals surface area contributed by atoms with E-state index in [4.69, 9.17) is 4.98 Å². The quantitative estimate of drug-likeness (QED) is 0.177. The summed E-state index contributed by atoms with van der Waals surface area (Å²) in [7, 11) is 0. The zero-order valence-electron chi connectivity index (χ0n) is 29.8. The summed E-state index contributed by atoms with van der Waals surface area (Å²) in [5.41, 5.74) is 12.4. The standard InChI is InChI=1S/C50H28N6/c51-27-34-11-1-4-14-37(34)32-21-23-42-40-17-7-9-19-44(40)55(46(42)25-32)48-30-54-31-49(50(48)39-16-6-3-13-36(39)29-53)56-45-20-10-8-18-41(45)43-24-22-33(26-47(43)56)38-15-5-2-12-35(38)28-52/h1-26,30-31H. The van der Waals surface area contributed by atoms with Gasteiger partial charge in [0.15, 0.2) is 0 Å². The molecule has 7 aromatic carbocycles. The molecule has 0 aliphatic rings. The van der Waals surface area contributed by atoms with Gasteiger partial charge in [-0.2, -0.15) is 15.8 Å².